The highest BCUT2D eigenvalue weighted by Crippen LogP contribution is 2.22. The summed E-state index contributed by atoms with van der Waals surface area (Å²) in [4.78, 5) is 34.3. The minimum atomic E-state index is -1.20. The summed E-state index contributed by atoms with van der Waals surface area (Å²) in [6.07, 6.45) is 0. The van der Waals surface area contributed by atoms with E-state index in [0.717, 1.165) is 0 Å². The summed E-state index contributed by atoms with van der Waals surface area (Å²) in [6.45, 7) is 1.27. The van der Waals surface area contributed by atoms with Crippen molar-refractivity contribution in [2.75, 3.05) is 5.73 Å². The Labute approximate surface area is 126 Å². The third kappa shape index (κ3) is 3.12. The number of para-hydroxylation sites is 1. The summed E-state index contributed by atoms with van der Waals surface area (Å²) in [5.41, 5.74) is 5.97. The number of hydrogen-bond acceptors (Lipinski definition) is 5. The van der Waals surface area contributed by atoms with E-state index in [2.05, 4.69) is 0 Å². The maximum absolute atomic E-state index is 12.4. The van der Waals surface area contributed by atoms with Crippen LogP contribution in [0.25, 0.3) is 0 Å². The Balaban J connectivity index is 2.34. The fraction of sp³-hybridized carbons (Fsp3) is 0.0625. The zero-order valence-corrected chi connectivity index (χ0v) is 11.7. The highest BCUT2D eigenvalue weighted by Gasteiger charge is 2.17. The van der Waals surface area contributed by atoms with Crippen molar-refractivity contribution in [3.8, 4) is 5.75 Å². The minimum absolute atomic E-state index is 0.0796. The average Bonchev–Trinajstić information content (AvgIpc) is 2.46. The van der Waals surface area contributed by atoms with Crippen molar-refractivity contribution in [2.45, 2.75) is 6.92 Å². The van der Waals surface area contributed by atoms with Crippen molar-refractivity contribution in [1.82, 2.24) is 0 Å². The number of rotatable bonds is 4. The van der Waals surface area contributed by atoms with Crippen molar-refractivity contribution in [2.24, 2.45) is 0 Å². The lowest BCUT2D eigenvalue weighted by Crippen LogP contribution is -2.10. The molecule has 112 valence electrons. The first-order chi connectivity index (χ1) is 10.4. The lowest BCUT2D eigenvalue weighted by Gasteiger charge is -2.08. The number of carboxylic acids is 1. The Bertz CT molecular complexity index is 750. The van der Waals surface area contributed by atoms with Crippen LogP contribution >= 0.6 is 0 Å². The van der Waals surface area contributed by atoms with E-state index in [1.807, 2.05) is 0 Å². The third-order valence-corrected chi connectivity index (χ3v) is 2.96. The molecule has 22 heavy (non-hydrogen) atoms. The standard InChI is InChI=1S/C16H13NO5/c1-9(18)22-11-7-5-10(6-8-11)15(19)12-3-2-4-13(14(12)17)16(20)21/h2-8H,17H2,1H3,(H,20,21). The molecule has 2 aromatic rings. The monoisotopic (exact) mass is 299 g/mol. The van der Waals surface area contributed by atoms with Crippen LogP contribution in [0.4, 0.5) is 5.69 Å². The van der Waals surface area contributed by atoms with E-state index >= 15 is 0 Å². The molecule has 0 aliphatic carbocycles. The Kier molecular flexibility index (Phi) is 4.22. The molecule has 0 spiro atoms. The normalized spacial score (nSPS) is 10.0. The van der Waals surface area contributed by atoms with Crippen LogP contribution in [0.5, 0.6) is 5.75 Å². The van der Waals surface area contributed by atoms with Crippen LogP contribution < -0.4 is 10.5 Å². The van der Waals surface area contributed by atoms with Crippen molar-refractivity contribution in [3.05, 3.63) is 59.2 Å². The van der Waals surface area contributed by atoms with Gasteiger partial charge in [0.05, 0.1) is 11.3 Å². The van der Waals surface area contributed by atoms with Gasteiger partial charge < -0.3 is 15.6 Å². The summed E-state index contributed by atoms with van der Waals surface area (Å²) in [5.74, 6) is -1.75. The quantitative estimate of drug-likeness (QED) is 0.387. The van der Waals surface area contributed by atoms with Crippen molar-refractivity contribution in [3.63, 3.8) is 0 Å². The Morgan fingerprint density at radius 1 is 1.00 bits per heavy atom. The van der Waals surface area contributed by atoms with E-state index in [-0.39, 0.29) is 16.8 Å². The molecule has 0 aliphatic rings. The Morgan fingerprint density at radius 2 is 1.59 bits per heavy atom. The van der Waals surface area contributed by atoms with Crippen LogP contribution in [-0.4, -0.2) is 22.8 Å². The molecule has 0 fully saturated rings. The number of carbonyl (C=O) groups is 3. The number of carbonyl (C=O) groups excluding carboxylic acids is 2. The fourth-order valence-electron chi connectivity index (χ4n) is 1.95. The number of aromatic carboxylic acids is 1. The van der Waals surface area contributed by atoms with Crippen molar-refractivity contribution >= 4 is 23.4 Å². The van der Waals surface area contributed by atoms with Crippen molar-refractivity contribution in [1.29, 1.82) is 0 Å². The molecule has 0 amide bonds. The van der Waals surface area contributed by atoms with Gasteiger partial charge in [0.15, 0.2) is 5.78 Å². The van der Waals surface area contributed by atoms with E-state index in [0.29, 0.717) is 11.3 Å². The van der Waals surface area contributed by atoms with Gasteiger partial charge in [-0.1, -0.05) is 6.07 Å². The highest BCUT2D eigenvalue weighted by molar-refractivity contribution is 6.14. The van der Waals surface area contributed by atoms with E-state index in [1.165, 1.54) is 49.4 Å². The molecule has 0 saturated heterocycles. The predicted octanol–water partition coefficient (Wildman–Crippen LogP) is 2.12. The molecule has 2 aromatic carbocycles. The first kappa shape index (κ1) is 15.2. The van der Waals surface area contributed by atoms with E-state index in [1.54, 1.807) is 0 Å². The van der Waals surface area contributed by atoms with Crippen LogP contribution in [0.3, 0.4) is 0 Å². The molecule has 3 N–H and O–H groups in total. The Hall–Kier alpha value is -3.15. The highest BCUT2D eigenvalue weighted by atomic mass is 16.5. The maximum Gasteiger partial charge on any atom is 0.337 e. The first-order valence-corrected chi connectivity index (χ1v) is 6.35. The van der Waals surface area contributed by atoms with Gasteiger partial charge in [-0.25, -0.2) is 4.79 Å². The molecule has 0 heterocycles. The van der Waals surface area contributed by atoms with Gasteiger partial charge in [0, 0.05) is 18.1 Å². The molecule has 0 unspecified atom stereocenters. The number of carboxylic acid groups (broad SMARTS) is 1. The van der Waals surface area contributed by atoms with Crippen LogP contribution in [0.2, 0.25) is 0 Å². The van der Waals surface area contributed by atoms with Gasteiger partial charge in [-0.2, -0.15) is 0 Å². The summed E-state index contributed by atoms with van der Waals surface area (Å²) in [6, 6.07) is 10.2. The van der Waals surface area contributed by atoms with E-state index in [4.69, 9.17) is 15.6 Å². The number of nitrogens with two attached hydrogens (primary N) is 1. The summed E-state index contributed by atoms with van der Waals surface area (Å²) in [5, 5.41) is 9.02. The zero-order valence-electron chi connectivity index (χ0n) is 11.7. The molecule has 2 rings (SSSR count). The molecule has 0 aromatic heterocycles. The summed E-state index contributed by atoms with van der Waals surface area (Å²) in [7, 11) is 0. The number of esters is 1. The molecule has 6 heteroatoms. The van der Waals surface area contributed by atoms with Gasteiger partial charge in [0.2, 0.25) is 0 Å². The summed E-state index contributed by atoms with van der Waals surface area (Å²) < 4.78 is 4.88. The summed E-state index contributed by atoms with van der Waals surface area (Å²) >= 11 is 0. The van der Waals surface area contributed by atoms with Crippen LogP contribution in [-0.2, 0) is 4.79 Å². The lowest BCUT2D eigenvalue weighted by molar-refractivity contribution is -0.131. The average molecular weight is 299 g/mol. The lowest BCUT2D eigenvalue weighted by atomic mass is 9.99. The second kappa shape index (κ2) is 6.09. The minimum Gasteiger partial charge on any atom is -0.478 e. The largest absolute Gasteiger partial charge is 0.478 e. The van der Waals surface area contributed by atoms with Crippen LogP contribution in [0, 0.1) is 0 Å². The van der Waals surface area contributed by atoms with E-state index in [9.17, 15) is 14.4 Å². The molecular weight excluding hydrogens is 286 g/mol. The van der Waals surface area contributed by atoms with Crippen molar-refractivity contribution < 1.29 is 24.2 Å². The van der Waals surface area contributed by atoms with E-state index < -0.39 is 17.7 Å². The SMILES string of the molecule is CC(=O)Oc1ccc(C(=O)c2cccc(C(=O)O)c2N)cc1. The number of hydrogen-bond donors (Lipinski definition) is 2. The molecule has 0 radical (unpaired) electrons. The van der Waals surface area contributed by atoms with Gasteiger partial charge in [0.1, 0.15) is 5.75 Å². The molecule has 0 bridgehead atoms. The second-order valence-corrected chi connectivity index (χ2v) is 4.52. The predicted molar refractivity (Wildman–Crippen MR) is 79.0 cm³/mol. The number of nitrogen functional groups attached to an aromatic ring is 1. The number of benzene rings is 2. The van der Waals surface area contributed by atoms with Gasteiger partial charge in [-0.05, 0) is 36.4 Å². The second-order valence-electron chi connectivity index (χ2n) is 4.52. The smallest absolute Gasteiger partial charge is 0.337 e. The topological polar surface area (TPSA) is 107 Å². The third-order valence-electron chi connectivity index (χ3n) is 2.96. The molecule has 6 nitrogen and oxygen atoms in total. The number of anilines is 1. The van der Waals surface area contributed by atoms with Gasteiger partial charge in [-0.15, -0.1) is 0 Å². The molecule has 0 saturated carbocycles. The van der Waals surface area contributed by atoms with Gasteiger partial charge in [-0.3, -0.25) is 9.59 Å². The molecular formula is C16H13NO5. The number of ether oxygens (including phenoxy) is 1. The Morgan fingerprint density at radius 3 is 2.14 bits per heavy atom. The van der Waals surface area contributed by atoms with Gasteiger partial charge >= 0.3 is 11.9 Å². The van der Waals surface area contributed by atoms with Gasteiger partial charge in [0.25, 0.3) is 0 Å². The first-order valence-electron chi connectivity index (χ1n) is 6.35. The molecule has 0 atom stereocenters. The maximum atomic E-state index is 12.4. The molecule has 0 aliphatic heterocycles. The zero-order chi connectivity index (χ0) is 16.3. The van der Waals surface area contributed by atoms with Crippen LogP contribution in [0.15, 0.2) is 42.5 Å². The van der Waals surface area contributed by atoms with Crippen LogP contribution in [0.1, 0.15) is 33.2 Å². The number of ketones is 1. The fourth-order valence-corrected chi connectivity index (χ4v) is 1.95.